The van der Waals surface area contributed by atoms with Gasteiger partial charge in [0.2, 0.25) is 5.82 Å². The minimum atomic E-state index is -1.08. The Bertz CT molecular complexity index is 747. The maximum Gasteiger partial charge on any atom is 0.201 e. The molecular weight excluding hydrogens is 361 g/mol. The van der Waals surface area contributed by atoms with Crippen LogP contribution in [0.15, 0.2) is 24.3 Å². The van der Waals surface area contributed by atoms with E-state index in [-0.39, 0.29) is 21.9 Å². The van der Waals surface area contributed by atoms with Crippen molar-refractivity contribution >= 4 is 11.6 Å². The first-order valence-corrected chi connectivity index (χ1v) is 9.47. The monoisotopic (exact) mass is 384 g/mol. The summed E-state index contributed by atoms with van der Waals surface area (Å²) < 4.78 is 48.6. The third-order valence-electron chi connectivity index (χ3n) is 4.30. The third-order valence-corrected chi connectivity index (χ3v) is 4.67. The Labute approximate surface area is 158 Å². The molecule has 0 bridgehead atoms. The van der Waals surface area contributed by atoms with Gasteiger partial charge in [0.05, 0.1) is 11.6 Å². The molecule has 0 radical (unpaired) electrons. The summed E-state index contributed by atoms with van der Waals surface area (Å²) in [7, 11) is 0. The predicted octanol–water partition coefficient (Wildman–Crippen LogP) is 7.34. The first kappa shape index (κ1) is 20.6. The number of benzene rings is 2. The molecule has 0 N–H and O–H groups in total. The summed E-state index contributed by atoms with van der Waals surface area (Å²) >= 11 is 6.10. The van der Waals surface area contributed by atoms with Crippen LogP contribution < -0.4 is 4.74 Å². The zero-order valence-electron chi connectivity index (χ0n) is 15.2. The standard InChI is InChI=1S/C21H24ClF3O/c1-3-5-7-13-26-17-12-11-16(20(24)21(17)25)15-10-9-14(8-6-4-2)19(23)18(15)22/h9-12H,3-8,13H2,1-2H3. The van der Waals surface area contributed by atoms with E-state index >= 15 is 0 Å². The summed E-state index contributed by atoms with van der Waals surface area (Å²) in [5, 5.41) is -0.187. The van der Waals surface area contributed by atoms with Gasteiger partial charge >= 0.3 is 0 Å². The molecule has 0 amide bonds. The maximum absolute atomic E-state index is 14.5. The number of hydrogen-bond donors (Lipinski definition) is 0. The highest BCUT2D eigenvalue weighted by Gasteiger charge is 2.20. The molecule has 2 aromatic rings. The molecule has 1 nitrogen and oxygen atoms in total. The molecule has 2 aromatic carbocycles. The molecule has 0 spiro atoms. The number of rotatable bonds is 9. The van der Waals surface area contributed by atoms with Gasteiger partial charge in [0.25, 0.3) is 0 Å². The van der Waals surface area contributed by atoms with E-state index in [9.17, 15) is 13.2 Å². The lowest BCUT2D eigenvalue weighted by atomic mass is 10.00. The van der Waals surface area contributed by atoms with Gasteiger partial charge in [-0.25, -0.2) is 8.78 Å². The van der Waals surface area contributed by atoms with Crippen LogP contribution in [0.5, 0.6) is 5.75 Å². The Morgan fingerprint density at radius 2 is 1.50 bits per heavy atom. The van der Waals surface area contributed by atoms with Gasteiger partial charge in [0, 0.05) is 11.1 Å². The quantitative estimate of drug-likeness (QED) is 0.411. The molecule has 0 heterocycles. The molecule has 0 aliphatic carbocycles. The normalized spacial score (nSPS) is 11.0. The molecule has 142 valence electrons. The lowest BCUT2D eigenvalue weighted by Crippen LogP contribution is -2.02. The van der Waals surface area contributed by atoms with E-state index in [0.29, 0.717) is 18.6 Å². The Balaban J connectivity index is 2.29. The van der Waals surface area contributed by atoms with Crippen LogP contribution in [-0.2, 0) is 6.42 Å². The average molecular weight is 385 g/mol. The Hall–Kier alpha value is -1.68. The van der Waals surface area contributed by atoms with E-state index in [1.807, 2.05) is 13.8 Å². The second-order valence-electron chi connectivity index (χ2n) is 6.30. The van der Waals surface area contributed by atoms with Gasteiger partial charge in [-0.3, -0.25) is 0 Å². The number of unbranched alkanes of at least 4 members (excludes halogenated alkanes) is 3. The molecule has 0 aromatic heterocycles. The van der Waals surface area contributed by atoms with E-state index in [1.54, 1.807) is 6.07 Å². The first-order chi connectivity index (χ1) is 12.5. The summed E-state index contributed by atoms with van der Waals surface area (Å²) in [5.41, 5.74) is 0.546. The van der Waals surface area contributed by atoms with Crippen molar-refractivity contribution in [3.63, 3.8) is 0 Å². The summed E-state index contributed by atoms with van der Waals surface area (Å²) in [6, 6.07) is 5.85. The van der Waals surface area contributed by atoms with Gasteiger partial charge in [-0.15, -0.1) is 0 Å². The fourth-order valence-corrected chi connectivity index (χ4v) is 3.03. The predicted molar refractivity (Wildman–Crippen MR) is 100 cm³/mol. The number of aryl methyl sites for hydroxylation is 1. The average Bonchev–Trinajstić information content (AvgIpc) is 2.64. The SMILES string of the molecule is CCCCCOc1ccc(-c2ccc(CCCC)c(F)c2Cl)c(F)c1F. The first-order valence-electron chi connectivity index (χ1n) is 9.09. The fourth-order valence-electron chi connectivity index (χ4n) is 2.74. The van der Waals surface area contributed by atoms with Gasteiger partial charge in [-0.2, -0.15) is 4.39 Å². The Morgan fingerprint density at radius 1 is 0.808 bits per heavy atom. The third kappa shape index (κ3) is 4.73. The van der Waals surface area contributed by atoms with Crippen LogP contribution in [0.2, 0.25) is 5.02 Å². The van der Waals surface area contributed by atoms with Crippen molar-refractivity contribution in [2.75, 3.05) is 6.61 Å². The van der Waals surface area contributed by atoms with E-state index < -0.39 is 17.5 Å². The number of hydrogen-bond acceptors (Lipinski definition) is 1. The van der Waals surface area contributed by atoms with E-state index in [1.165, 1.54) is 18.2 Å². The second kappa shape index (κ2) is 9.86. The molecule has 2 rings (SSSR count). The number of ether oxygens (including phenoxy) is 1. The van der Waals surface area contributed by atoms with Crippen LogP contribution in [0.3, 0.4) is 0 Å². The highest BCUT2D eigenvalue weighted by molar-refractivity contribution is 6.33. The van der Waals surface area contributed by atoms with Crippen LogP contribution in [0, 0.1) is 17.5 Å². The Morgan fingerprint density at radius 3 is 2.19 bits per heavy atom. The minimum Gasteiger partial charge on any atom is -0.490 e. The van der Waals surface area contributed by atoms with Crippen molar-refractivity contribution in [1.82, 2.24) is 0 Å². The zero-order valence-corrected chi connectivity index (χ0v) is 15.9. The molecular formula is C21H24ClF3O. The van der Waals surface area contributed by atoms with Crippen molar-refractivity contribution in [2.45, 2.75) is 52.4 Å². The Kier molecular flexibility index (Phi) is 7.83. The maximum atomic E-state index is 14.5. The zero-order chi connectivity index (χ0) is 19.1. The highest BCUT2D eigenvalue weighted by Crippen LogP contribution is 2.36. The van der Waals surface area contributed by atoms with Gasteiger partial charge in [-0.1, -0.05) is 56.8 Å². The minimum absolute atomic E-state index is 0.0747. The molecule has 0 fully saturated rings. The van der Waals surface area contributed by atoms with Gasteiger partial charge in [0.1, 0.15) is 5.82 Å². The molecule has 0 aliphatic rings. The summed E-state index contributed by atoms with van der Waals surface area (Å²) in [4.78, 5) is 0. The van der Waals surface area contributed by atoms with Crippen molar-refractivity contribution in [3.8, 4) is 16.9 Å². The fraction of sp³-hybridized carbons (Fsp3) is 0.429. The highest BCUT2D eigenvalue weighted by atomic mass is 35.5. The molecule has 0 atom stereocenters. The largest absolute Gasteiger partial charge is 0.490 e. The van der Waals surface area contributed by atoms with E-state index in [4.69, 9.17) is 16.3 Å². The van der Waals surface area contributed by atoms with Crippen LogP contribution in [-0.4, -0.2) is 6.61 Å². The molecule has 0 aliphatic heterocycles. The topological polar surface area (TPSA) is 9.23 Å². The molecule has 26 heavy (non-hydrogen) atoms. The lowest BCUT2D eigenvalue weighted by molar-refractivity contribution is 0.286. The van der Waals surface area contributed by atoms with Crippen molar-refractivity contribution in [2.24, 2.45) is 0 Å². The van der Waals surface area contributed by atoms with Crippen LogP contribution in [0.25, 0.3) is 11.1 Å². The lowest BCUT2D eigenvalue weighted by Gasteiger charge is -2.13. The van der Waals surface area contributed by atoms with Crippen LogP contribution in [0.4, 0.5) is 13.2 Å². The molecule has 0 saturated carbocycles. The van der Waals surface area contributed by atoms with Crippen molar-refractivity contribution in [3.05, 3.63) is 52.3 Å². The van der Waals surface area contributed by atoms with E-state index in [2.05, 4.69) is 0 Å². The van der Waals surface area contributed by atoms with Gasteiger partial charge in [0.15, 0.2) is 11.6 Å². The summed E-state index contributed by atoms with van der Waals surface area (Å²) in [6.07, 6.45) is 5.07. The summed E-state index contributed by atoms with van der Waals surface area (Å²) in [6.45, 7) is 4.38. The van der Waals surface area contributed by atoms with Gasteiger partial charge < -0.3 is 4.74 Å². The van der Waals surface area contributed by atoms with Gasteiger partial charge in [-0.05, 0) is 37.0 Å². The summed E-state index contributed by atoms with van der Waals surface area (Å²) in [5.74, 6) is -2.87. The van der Waals surface area contributed by atoms with Crippen LogP contribution in [0.1, 0.15) is 51.5 Å². The molecule has 0 saturated heterocycles. The van der Waals surface area contributed by atoms with Crippen LogP contribution >= 0.6 is 11.6 Å². The number of halogens is 4. The second-order valence-corrected chi connectivity index (χ2v) is 6.68. The van der Waals surface area contributed by atoms with E-state index in [0.717, 1.165) is 32.1 Å². The molecule has 5 heteroatoms. The molecule has 0 unspecified atom stereocenters. The van der Waals surface area contributed by atoms with Crippen molar-refractivity contribution < 1.29 is 17.9 Å². The van der Waals surface area contributed by atoms with Crippen molar-refractivity contribution in [1.29, 1.82) is 0 Å². The smallest absolute Gasteiger partial charge is 0.201 e.